The number of carboxylic acids is 1. The number of aliphatic carboxylic acids is 1. The topological polar surface area (TPSA) is 57.6 Å². The zero-order chi connectivity index (χ0) is 15.2. The summed E-state index contributed by atoms with van der Waals surface area (Å²) in [6, 6.07) is 9.23. The van der Waals surface area contributed by atoms with Crippen molar-refractivity contribution in [2.24, 2.45) is 5.92 Å². The van der Waals surface area contributed by atoms with Gasteiger partial charge in [0.2, 0.25) is 5.91 Å². The lowest BCUT2D eigenvalue weighted by Crippen LogP contribution is -2.39. The van der Waals surface area contributed by atoms with E-state index in [1.54, 1.807) is 11.0 Å². The van der Waals surface area contributed by atoms with E-state index in [2.05, 4.69) is 6.92 Å². The molecule has 1 aliphatic heterocycles. The van der Waals surface area contributed by atoms with Gasteiger partial charge < -0.3 is 10.0 Å². The molecular weight excluding hydrogens is 266 g/mol. The highest BCUT2D eigenvalue weighted by atomic mass is 16.4. The van der Waals surface area contributed by atoms with Gasteiger partial charge in [0, 0.05) is 18.7 Å². The molecule has 0 aliphatic carbocycles. The molecule has 21 heavy (non-hydrogen) atoms. The van der Waals surface area contributed by atoms with Gasteiger partial charge in [-0.05, 0) is 30.4 Å². The summed E-state index contributed by atoms with van der Waals surface area (Å²) >= 11 is 0. The van der Waals surface area contributed by atoms with Gasteiger partial charge in [-0.1, -0.05) is 37.3 Å². The van der Waals surface area contributed by atoms with E-state index in [1.807, 2.05) is 30.3 Å². The van der Waals surface area contributed by atoms with Crippen LogP contribution in [0.15, 0.2) is 35.9 Å². The van der Waals surface area contributed by atoms with Gasteiger partial charge >= 0.3 is 5.97 Å². The number of nitrogens with zero attached hydrogens (tertiary/aromatic N) is 1. The third kappa shape index (κ3) is 4.45. The van der Waals surface area contributed by atoms with Gasteiger partial charge in [-0.3, -0.25) is 4.79 Å². The second kappa shape index (κ2) is 7.07. The lowest BCUT2D eigenvalue weighted by Gasteiger charge is -2.31. The van der Waals surface area contributed by atoms with Crippen LogP contribution in [0.25, 0.3) is 6.08 Å². The van der Waals surface area contributed by atoms with Crippen molar-refractivity contribution < 1.29 is 14.7 Å². The molecule has 1 aromatic carbocycles. The van der Waals surface area contributed by atoms with E-state index in [-0.39, 0.29) is 17.9 Å². The molecule has 4 nitrogen and oxygen atoms in total. The Morgan fingerprint density at radius 2 is 2.05 bits per heavy atom. The number of carbonyl (C=O) groups excluding carboxylic acids is 1. The molecule has 1 heterocycles. The van der Waals surface area contributed by atoms with Crippen molar-refractivity contribution in [1.82, 2.24) is 4.90 Å². The van der Waals surface area contributed by atoms with Gasteiger partial charge in [0.25, 0.3) is 0 Å². The summed E-state index contributed by atoms with van der Waals surface area (Å²) in [4.78, 5) is 25.4. The summed E-state index contributed by atoms with van der Waals surface area (Å²) in [6.45, 7) is 3.59. The van der Waals surface area contributed by atoms with Crippen LogP contribution in [0.2, 0.25) is 0 Å². The molecule has 112 valence electrons. The molecule has 0 saturated carbocycles. The lowest BCUT2D eigenvalue weighted by atomic mass is 9.99. The Hall–Kier alpha value is -2.10. The molecule has 1 N–H and O–H groups in total. The molecule has 1 aromatic rings. The molecule has 1 unspecified atom stereocenters. The molecule has 1 aliphatic rings. The van der Waals surface area contributed by atoms with Crippen LogP contribution in [0.1, 0.15) is 31.7 Å². The first-order valence-electron chi connectivity index (χ1n) is 7.33. The van der Waals surface area contributed by atoms with Crippen LogP contribution in [0.5, 0.6) is 0 Å². The SMILES string of the molecule is CC1CCCN(C(=O)C/C(=C\c2ccccc2)C(=O)O)C1. The summed E-state index contributed by atoms with van der Waals surface area (Å²) in [5.74, 6) is -0.627. The number of hydrogen-bond acceptors (Lipinski definition) is 2. The number of hydrogen-bond donors (Lipinski definition) is 1. The van der Waals surface area contributed by atoms with Crippen molar-refractivity contribution in [1.29, 1.82) is 0 Å². The number of rotatable bonds is 4. The van der Waals surface area contributed by atoms with Gasteiger partial charge in [-0.15, -0.1) is 0 Å². The zero-order valence-corrected chi connectivity index (χ0v) is 12.3. The van der Waals surface area contributed by atoms with E-state index in [9.17, 15) is 14.7 Å². The van der Waals surface area contributed by atoms with Crippen molar-refractivity contribution in [2.45, 2.75) is 26.2 Å². The van der Waals surface area contributed by atoms with Crippen LogP contribution >= 0.6 is 0 Å². The third-order valence-electron chi connectivity index (χ3n) is 3.77. The minimum atomic E-state index is -1.03. The van der Waals surface area contributed by atoms with Crippen LogP contribution in [0.3, 0.4) is 0 Å². The first-order valence-corrected chi connectivity index (χ1v) is 7.33. The van der Waals surface area contributed by atoms with E-state index >= 15 is 0 Å². The minimum Gasteiger partial charge on any atom is -0.478 e. The lowest BCUT2D eigenvalue weighted by molar-refractivity contribution is -0.137. The van der Waals surface area contributed by atoms with Gasteiger partial charge in [-0.2, -0.15) is 0 Å². The molecule has 0 aromatic heterocycles. The van der Waals surface area contributed by atoms with E-state index < -0.39 is 5.97 Å². The average Bonchev–Trinajstić information content (AvgIpc) is 2.47. The maximum absolute atomic E-state index is 12.3. The molecule has 1 fully saturated rings. The van der Waals surface area contributed by atoms with Crippen LogP contribution in [-0.4, -0.2) is 35.0 Å². The van der Waals surface area contributed by atoms with E-state index in [1.165, 1.54) is 0 Å². The summed E-state index contributed by atoms with van der Waals surface area (Å²) in [5.41, 5.74) is 0.944. The van der Waals surface area contributed by atoms with Gasteiger partial charge in [-0.25, -0.2) is 4.79 Å². The molecule has 1 atom stereocenters. The van der Waals surface area contributed by atoms with Crippen molar-refractivity contribution in [3.63, 3.8) is 0 Å². The predicted octanol–water partition coefficient (Wildman–Crippen LogP) is 2.80. The average molecular weight is 287 g/mol. The maximum Gasteiger partial charge on any atom is 0.332 e. The summed E-state index contributed by atoms with van der Waals surface area (Å²) in [5, 5.41) is 9.29. The third-order valence-corrected chi connectivity index (χ3v) is 3.77. The Morgan fingerprint density at radius 3 is 2.67 bits per heavy atom. The smallest absolute Gasteiger partial charge is 0.332 e. The van der Waals surface area contributed by atoms with E-state index in [0.29, 0.717) is 5.92 Å². The molecule has 1 amide bonds. The highest BCUT2D eigenvalue weighted by Gasteiger charge is 2.23. The molecule has 0 bridgehead atoms. The number of carboxylic acid groups (broad SMARTS) is 1. The van der Waals surface area contributed by atoms with Crippen molar-refractivity contribution in [2.75, 3.05) is 13.1 Å². The second-order valence-corrected chi connectivity index (χ2v) is 5.65. The number of benzene rings is 1. The zero-order valence-electron chi connectivity index (χ0n) is 12.3. The normalized spacial score (nSPS) is 19.4. The monoisotopic (exact) mass is 287 g/mol. The highest BCUT2D eigenvalue weighted by molar-refractivity contribution is 5.98. The fourth-order valence-electron chi connectivity index (χ4n) is 2.63. The van der Waals surface area contributed by atoms with Crippen molar-refractivity contribution >= 4 is 18.0 Å². The first-order chi connectivity index (χ1) is 10.1. The van der Waals surface area contributed by atoms with Crippen molar-refractivity contribution in [3.8, 4) is 0 Å². The fraction of sp³-hybridized carbons (Fsp3) is 0.412. The predicted molar refractivity (Wildman–Crippen MR) is 81.6 cm³/mol. The van der Waals surface area contributed by atoms with Crippen LogP contribution in [0, 0.1) is 5.92 Å². The summed E-state index contributed by atoms with van der Waals surface area (Å²) < 4.78 is 0. The van der Waals surface area contributed by atoms with E-state index in [4.69, 9.17) is 0 Å². The number of amides is 1. The van der Waals surface area contributed by atoms with Crippen LogP contribution in [0.4, 0.5) is 0 Å². The summed E-state index contributed by atoms with van der Waals surface area (Å²) in [6.07, 6.45) is 3.66. The Labute approximate surface area is 125 Å². The van der Waals surface area contributed by atoms with Gasteiger partial charge in [0.15, 0.2) is 0 Å². The molecule has 4 heteroatoms. The van der Waals surface area contributed by atoms with Crippen LogP contribution in [-0.2, 0) is 9.59 Å². The molecule has 2 rings (SSSR count). The maximum atomic E-state index is 12.3. The first kappa shape index (κ1) is 15.3. The Morgan fingerprint density at radius 1 is 1.33 bits per heavy atom. The largest absolute Gasteiger partial charge is 0.478 e. The molecular formula is C17H21NO3. The highest BCUT2D eigenvalue weighted by Crippen LogP contribution is 2.18. The van der Waals surface area contributed by atoms with Gasteiger partial charge in [0.05, 0.1) is 6.42 Å². The molecule has 1 saturated heterocycles. The molecule has 0 radical (unpaired) electrons. The Balaban J connectivity index is 2.08. The summed E-state index contributed by atoms with van der Waals surface area (Å²) in [7, 11) is 0. The molecule has 0 spiro atoms. The minimum absolute atomic E-state index is 0.0447. The fourth-order valence-corrected chi connectivity index (χ4v) is 2.63. The second-order valence-electron chi connectivity index (χ2n) is 5.65. The number of likely N-dealkylation sites (tertiary alicyclic amines) is 1. The standard InChI is InChI=1S/C17H21NO3/c1-13-6-5-9-18(12-13)16(19)11-15(17(20)21)10-14-7-3-2-4-8-14/h2-4,7-8,10,13H,5-6,9,11-12H2,1H3,(H,20,21)/b15-10+. The van der Waals surface area contributed by atoms with Crippen molar-refractivity contribution in [3.05, 3.63) is 41.5 Å². The Kier molecular flexibility index (Phi) is 5.14. The quantitative estimate of drug-likeness (QED) is 0.866. The number of piperidine rings is 1. The van der Waals surface area contributed by atoms with Gasteiger partial charge in [0.1, 0.15) is 0 Å². The Bertz CT molecular complexity index is 536. The number of carbonyl (C=O) groups is 2. The van der Waals surface area contributed by atoms with Crippen LogP contribution < -0.4 is 0 Å². The van der Waals surface area contributed by atoms with E-state index in [0.717, 1.165) is 31.5 Å².